The Morgan fingerprint density at radius 1 is 1.22 bits per heavy atom. The van der Waals surface area contributed by atoms with E-state index in [-0.39, 0.29) is 0 Å². The molecule has 2 aromatic heterocycles. The van der Waals surface area contributed by atoms with Crippen molar-refractivity contribution < 1.29 is 0 Å². The lowest BCUT2D eigenvalue weighted by Crippen LogP contribution is -2.40. The van der Waals surface area contributed by atoms with Gasteiger partial charge in [0.1, 0.15) is 0 Å². The summed E-state index contributed by atoms with van der Waals surface area (Å²) >= 11 is 0. The van der Waals surface area contributed by atoms with Crippen LogP contribution in [0.5, 0.6) is 0 Å². The van der Waals surface area contributed by atoms with Crippen LogP contribution in [0.2, 0.25) is 0 Å². The molecule has 2 aromatic rings. The lowest BCUT2D eigenvalue weighted by molar-refractivity contribution is 0.338. The molecule has 1 aliphatic heterocycles. The van der Waals surface area contributed by atoms with Gasteiger partial charge in [-0.15, -0.1) is 0 Å². The second kappa shape index (κ2) is 6.81. The van der Waals surface area contributed by atoms with Crippen molar-refractivity contribution in [3.63, 3.8) is 0 Å². The van der Waals surface area contributed by atoms with Crippen molar-refractivity contribution in [2.45, 2.75) is 39.7 Å². The number of nitrogens with two attached hydrogens (primary N) is 1. The topological polar surface area (TPSA) is 72.3 Å². The highest BCUT2D eigenvalue weighted by atomic mass is 15.3. The summed E-state index contributed by atoms with van der Waals surface area (Å²) in [5.74, 6) is 1.47. The van der Waals surface area contributed by atoms with Crippen LogP contribution >= 0.6 is 0 Å². The van der Waals surface area contributed by atoms with Gasteiger partial charge in [-0.3, -0.25) is 0 Å². The third kappa shape index (κ3) is 3.70. The van der Waals surface area contributed by atoms with Gasteiger partial charge in [-0.05, 0) is 50.8 Å². The fourth-order valence-electron chi connectivity index (χ4n) is 2.89. The van der Waals surface area contributed by atoms with Gasteiger partial charge < -0.3 is 10.6 Å². The van der Waals surface area contributed by atoms with Crippen LogP contribution in [0.25, 0.3) is 5.82 Å². The number of hydrogen-bond acceptors (Lipinski definition) is 3. The number of rotatable bonds is 3. The Balaban J connectivity index is 1.66. The minimum absolute atomic E-state index is 0.562. The standard InChI is InChI=1S/C17H24N6/c1-13-10-14(2)23(21-13)16-7-6-15(11-19-16)12-20-17(18)22-8-4-3-5-9-22/h6-7,10-11H,3-5,8-9,12H2,1-2H3,(H2,18,20). The normalized spacial score (nSPS) is 15.9. The molecule has 1 saturated heterocycles. The second-order valence-corrected chi connectivity index (χ2v) is 6.09. The molecule has 0 amide bonds. The number of guanidine groups is 1. The van der Waals surface area contributed by atoms with Gasteiger partial charge in [-0.1, -0.05) is 6.07 Å². The number of likely N-dealkylation sites (tertiary alicyclic amines) is 1. The zero-order valence-electron chi connectivity index (χ0n) is 13.9. The molecule has 122 valence electrons. The van der Waals surface area contributed by atoms with E-state index in [0.29, 0.717) is 12.5 Å². The maximum absolute atomic E-state index is 6.08. The molecule has 0 bridgehead atoms. The Morgan fingerprint density at radius 3 is 2.61 bits per heavy atom. The molecule has 0 atom stereocenters. The van der Waals surface area contributed by atoms with E-state index in [1.165, 1.54) is 19.3 Å². The summed E-state index contributed by atoms with van der Waals surface area (Å²) in [5, 5.41) is 4.45. The van der Waals surface area contributed by atoms with Gasteiger partial charge in [0.2, 0.25) is 0 Å². The van der Waals surface area contributed by atoms with Crippen LogP contribution < -0.4 is 5.73 Å². The Hall–Kier alpha value is -2.37. The number of piperidine rings is 1. The Bertz CT molecular complexity index is 680. The molecule has 0 aliphatic carbocycles. The van der Waals surface area contributed by atoms with Crippen LogP contribution in [0.15, 0.2) is 29.4 Å². The van der Waals surface area contributed by atoms with Gasteiger partial charge >= 0.3 is 0 Å². The van der Waals surface area contributed by atoms with Crippen molar-refractivity contribution in [3.05, 3.63) is 41.3 Å². The van der Waals surface area contributed by atoms with E-state index in [0.717, 1.165) is 35.9 Å². The van der Waals surface area contributed by atoms with E-state index < -0.39 is 0 Å². The summed E-state index contributed by atoms with van der Waals surface area (Å²) in [6, 6.07) is 6.05. The zero-order chi connectivity index (χ0) is 16.2. The van der Waals surface area contributed by atoms with E-state index in [2.05, 4.69) is 20.0 Å². The first-order valence-corrected chi connectivity index (χ1v) is 8.17. The van der Waals surface area contributed by atoms with Crippen LogP contribution in [0.3, 0.4) is 0 Å². The largest absolute Gasteiger partial charge is 0.370 e. The molecule has 0 spiro atoms. The van der Waals surface area contributed by atoms with Crippen LogP contribution in [-0.2, 0) is 6.54 Å². The van der Waals surface area contributed by atoms with Gasteiger partial charge in [-0.25, -0.2) is 14.7 Å². The predicted octanol–water partition coefficient (Wildman–Crippen LogP) is 2.18. The molecule has 3 heterocycles. The number of nitrogens with zero attached hydrogens (tertiary/aromatic N) is 5. The van der Waals surface area contributed by atoms with Crippen molar-refractivity contribution in [3.8, 4) is 5.82 Å². The average Bonchev–Trinajstić information content (AvgIpc) is 2.92. The first-order chi connectivity index (χ1) is 11.1. The first-order valence-electron chi connectivity index (χ1n) is 8.17. The number of aromatic nitrogens is 3. The predicted molar refractivity (Wildman–Crippen MR) is 91.6 cm³/mol. The third-order valence-corrected chi connectivity index (χ3v) is 4.14. The maximum Gasteiger partial charge on any atom is 0.191 e. The van der Waals surface area contributed by atoms with Gasteiger partial charge in [0.25, 0.3) is 0 Å². The first kappa shape index (κ1) is 15.5. The SMILES string of the molecule is Cc1cc(C)n(-c2ccc(CN=C(N)N3CCCCC3)cn2)n1. The number of aliphatic imine (C=N–C) groups is 1. The lowest BCUT2D eigenvalue weighted by atomic mass is 10.1. The molecule has 1 aliphatic rings. The van der Waals surface area contributed by atoms with E-state index >= 15 is 0 Å². The summed E-state index contributed by atoms with van der Waals surface area (Å²) < 4.78 is 1.85. The van der Waals surface area contributed by atoms with E-state index in [1.54, 1.807) is 0 Å². The molecule has 0 unspecified atom stereocenters. The van der Waals surface area contributed by atoms with Crippen molar-refractivity contribution in [1.29, 1.82) is 0 Å². The van der Waals surface area contributed by atoms with Crippen LogP contribution in [0, 0.1) is 13.8 Å². The van der Waals surface area contributed by atoms with Crippen molar-refractivity contribution in [2.75, 3.05) is 13.1 Å². The Morgan fingerprint density at radius 2 is 2.00 bits per heavy atom. The van der Waals surface area contributed by atoms with E-state index in [1.807, 2.05) is 42.9 Å². The van der Waals surface area contributed by atoms with Gasteiger partial charge in [0.15, 0.2) is 11.8 Å². The Kier molecular flexibility index (Phi) is 4.60. The minimum Gasteiger partial charge on any atom is -0.370 e. The molecule has 23 heavy (non-hydrogen) atoms. The van der Waals surface area contributed by atoms with E-state index in [9.17, 15) is 0 Å². The van der Waals surface area contributed by atoms with Crippen LogP contribution in [0.1, 0.15) is 36.2 Å². The monoisotopic (exact) mass is 312 g/mol. The maximum atomic E-state index is 6.08. The highest BCUT2D eigenvalue weighted by Crippen LogP contribution is 2.11. The van der Waals surface area contributed by atoms with Gasteiger partial charge in [-0.2, -0.15) is 5.10 Å². The molecular weight excluding hydrogens is 288 g/mol. The molecule has 0 saturated carbocycles. The van der Waals surface area contributed by atoms with Crippen molar-refractivity contribution >= 4 is 5.96 Å². The molecular formula is C17H24N6. The third-order valence-electron chi connectivity index (χ3n) is 4.14. The van der Waals surface area contributed by atoms with E-state index in [4.69, 9.17) is 5.73 Å². The summed E-state index contributed by atoms with van der Waals surface area (Å²) in [7, 11) is 0. The molecule has 6 nitrogen and oxygen atoms in total. The second-order valence-electron chi connectivity index (χ2n) is 6.09. The quantitative estimate of drug-likeness (QED) is 0.696. The lowest BCUT2D eigenvalue weighted by Gasteiger charge is -2.27. The number of aryl methyl sites for hydroxylation is 2. The Labute approximate surface area is 137 Å². The van der Waals surface area contributed by atoms with Gasteiger partial charge in [0, 0.05) is 25.0 Å². The van der Waals surface area contributed by atoms with Gasteiger partial charge in [0.05, 0.1) is 12.2 Å². The van der Waals surface area contributed by atoms with Crippen LogP contribution in [-0.4, -0.2) is 38.7 Å². The van der Waals surface area contributed by atoms with Crippen LogP contribution in [0.4, 0.5) is 0 Å². The average molecular weight is 312 g/mol. The fraction of sp³-hybridized carbons (Fsp3) is 0.471. The highest BCUT2D eigenvalue weighted by molar-refractivity contribution is 5.78. The molecule has 0 aromatic carbocycles. The summed E-state index contributed by atoms with van der Waals surface area (Å²) in [5.41, 5.74) is 9.20. The summed E-state index contributed by atoms with van der Waals surface area (Å²) in [4.78, 5) is 11.2. The minimum atomic E-state index is 0.562. The molecule has 6 heteroatoms. The van der Waals surface area contributed by atoms with Crippen molar-refractivity contribution in [2.24, 2.45) is 10.7 Å². The summed E-state index contributed by atoms with van der Waals surface area (Å²) in [6.45, 7) is 6.61. The molecule has 0 radical (unpaired) electrons. The zero-order valence-corrected chi connectivity index (χ0v) is 13.9. The number of hydrogen-bond donors (Lipinski definition) is 1. The van der Waals surface area contributed by atoms with Crippen molar-refractivity contribution in [1.82, 2.24) is 19.7 Å². The summed E-state index contributed by atoms with van der Waals surface area (Å²) in [6.07, 6.45) is 5.55. The highest BCUT2D eigenvalue weighted by Gasteiger charge is 2.11. The number of pyridine rings is 1. The fourth-order valence-corrected chi connectivity index (χ4v) is 2.89. The molecule has 3 rings (SSSR count). The molecule has 1 fully saturated rings. The molecule has 2 N–H and O–H groups in total. The smallest absolute Gasteiger partial charge is 0.191 e.